The lowest BCUT2D eigenvalue weighted by molar-refractivity contribution is -0.132. The lowest BCUT2D eigenvalue weighted by Gasteiger charge is -2.31. The molecule has 0 radical (unpaired) electrons. The fourth-order valence-electron chi connectivity index (χ4n) is 4.81. The quantitative estimate of drug-likeness (QED) is 0.484. The molecule has 0 aliphatic carbocycles. The summed E-state index contributed by atoms with van der Waals surface area (Å²) in [4.78, 5) is 53.5. The first kappa shape index (κ1) is 22.1. The summed E-state index contributed by atoms with van der Waals surface area (Å²) in [5.41, 5.74) is 1.45. The minimum absolute atomic E-state index is 0.0122. The Balaban J connectivity index is 1.09. The second-order valence-electron chi connectivity index (χ2n) is 8.79. The van der Waals surface area contributed by atoms with Crippen LogP contribution >= 0.6 is 0 Å². The van der Waals surface area contributed by atoms with E-state index in [0.29, 0.717) is 73.8 Å². The summed E-state index contributed by atoms with van der Waals surface area (Å²) in [6, 6.07) is 12.1. The van der Waals surface area contributed by atoms with E-state index in [1.54, 1.807) is 47.4 Å². The van der Waals surface area contributed by atoms with Crippen molar-refractivity contribution in [3.8, 4) is 11.5 Å². The van der Waals surface area contributed by atoms with E-state index >= 15 is 0 Å². The van der Waals surface area contributed by atoms with Crippen molar-refractivity contribution in [3.05, 3.63) is 59.2 Å². The van der Waals surface area contributed by atoms with Crippen molar-refractivity contribution in [2.24, 2.45) is 5.92 Å². The highest BCUT2D eigenvalue weighted by Crippen LogP contribution is 2.32. The molecule has 3 heterocycles. The average molecular weight is 463 g/mol. The molecule has 3 aliphatic rings. The van der Waals surface area contributed by atoms with E-state index in [0.717, 1.165) is 0 Å². The molecule has 0 aromatic heterocycles. The Kier molecular flexibility index (Phi) is 6.04. The van der Waals surface area contributed by atoms with E-state index in [1.807, 2.05) is 0 Å². The van der Waals surface area contributed by atoms with Crippen LogP contribution in [0.25, 0.3) is 0 Å². The average Bonchev–Trinajstić information content (AvgIpc) is 3.13. The molecule has 176 valence electrons. The third-order valence-electron chi connectivity index (χ3n) is 6.70. The van der Waals surface area contributed by atoms with Gasteiger partial charge in [-0.25, -0.2) is 0 Å². The number of benzene rings is 2. The Morgan fingerprint density at radius 3 is 2.21 bits per heavy atom. The third-order valence-corrected chi connectivity index (χ3v) is 6.70. The smallest absolute Gasteiger partial charge is 0.261 e. The Morgan fingerprint density at radius 2 is 1.53 bits per heavy atom. The molecule has 0 unspecified atom stereocenters. The van der Waals surface area contributed by atoms with Gasteiger partial charge < -0.3 is 14.4 Å². The van der Waals surface area contributed by atoms with Crippen molar-refractivity contribution in [1.82, 2.24) is 9.80 Å². The van der Waals surface area contributed by atoms with Crippen LogP contribution in [0.2, 0.25) is 0 Å². The van der Waals surface area contributed by atoms with Crippen molar-refractivity contribution in [1.29, 1.82) is 0 Å². The number of likely N-dealkylation sites (tertiary alicyclic amines) is 1. The molecule has 0 saturated carbocycles. The highest BCUT2D eigenvalue weighted by atomic mass is 16.6. The van der Waals surface area contributed by atoms with Gasteiger partial charge in [0.1, 0.15) is 13.2 Å². The third kappa shape index (κ3) is 4.16. The van der Waals surface area contributed by atoms with Gasteiger partial charge in [0.05, 0.1) is 11.1 Å². The van der Waals surface area contributed by atoms with Gasteiger partial charge in [0.2, 0.25) is 5.91 Å². The number of carbonyl (C=O) groups is 4. The van der Waals surface area contributed by atoms with Gasteiger partial charge in [-0.15, -0.1) is 0 Å². The maximum Gasteiger partial charge on any atom is 0.261 e. The van der Waals surface area contributed by atoms with Crippen molar-refractivity contribution in [2.75, 3.05) is 32.8 Å². The van der Waals surface area contributed by atoms with E-state index in [-0.39, 0.29) is 42.4 Å². The largest absolute Gasteiger partial charge is 0.486 e. The van der Waals surface area contributed by atoms with Gasteiger partial charge in [0.15, 0.2) is 17.3 Å². The number of piperidine rings is 1. The van der Waals surface area contributed by atoms with Crippen LogP contribution in [0.3, 0.4) is 0 Å². The molecule has 0 spiro atoms. The SMILES string of the molecule is O=C(c1ccc2c(c1)OCCO2)C1CCN(C(=O)CCCN2C(=O)c3ccccc3C2=O)CC1. The van der Waals surface area contributed by atoms with Crippen LogP contribution < -0.4 is 9.47 Å². The van der Waals surface area contributed by atoms with Crippen LogP contribution in [-0.4, -0.2) is 66.2 Å². The zero-order valence-corrected chi connectivity index (χ0v) is 18.8. The van der Waals surface area contributed by atoms with Crippen molar-refractivity contribution >= 4 is 23.5 Å². The van der Waals surface area contributed by atoms with Gasteiger partial charge in [-0.1, -0.05) is 12.1 Å². The van der Waals surface area contributed by atoms with E-state index in [2.05, 4.69) is 0 Å². The first-order chi connectivity index (χ1) is 16.5. The number of ether oxygens (including phenoxy) is 2. The number of ketones is 1. The van der Waals surface area contributed by atoms with Crippen LogP contribution in [0.5, 0.6) is 11.5 Å². The highest BCUT2D eigenvalue weighted by Gasteiger charge is 2.35. The summed E-state index contributed by atoms with van der Waals surface area (Å²) in [6.45, 7) is 2.24. The number of hydrogen-bond donors (Lipinski definition) is 0. The van der Waals surface area contributed by atoms with Gasteiger partial charge >= 0.3 is 0 Å². The minimum atomic E-state index is -0.300. The lowest BCUT2D eigenvalue weighted by Crippen LogP contribution is -2.40. The predicted molar refractivity (Wildman–Crippen MR) is 122 cm³/mol. The number of rotatable bonds is 6. The van der Waals surface area contributed by atoms with E-state index < -0.39 is 0 Å². The van der Waals surface area contributed by atoms with Crippen molar-refractivity contribution < 1.29 is 28.7 Å². The van der Waals surface area contributed by atoms with Crippen molar-refractivity contribution in [2.45, 2.75) is 25.7 Å². The molecule has 8 heteroatoms. The van der Waals surface area contributed by atoms with Gasteiger partial charge in [-0.2, -0.15) is 0 Å². The summed E-state index contributed by atoms with van der Waals surface area (Å²) in [5, 5.41) is 0. The first-order valence-electron chi connectivity index (χ1n) is 11.7. The topological polar surface area (TPSA) is 93.2 Å². The molecule has 5 rings (SSSR count). The second kappa shape index (κ2) is 9.29. The molecule has 1 saturated heterocycles. The number of fused-ring (bicyclic) bond motifs is 2. The van der Waals surface area contributed by atoms with E-state index in [1.165, 1.54) is 4.90 Å². The van der Waals surface area contributed by atoms with E-state index in [4.69, 9.17) is 9.47 Å². The van der Waals surface area contributed by atoms with Crippen LogP contribution in [0.15, 0.2) is 42.5 Å². The Bertz CT molecular complexity index is 1120. The number of imide groups is 1. The number of carbonyl (C=O) groups excluding carboxylic acids is 4. The fourth-order valence-corrected chi connectivity index (χ4v) is 4.81. The standard InChI is InChI=1S/C26H26N2O6/c29-23(6-3-11-28-25(31)19-4-1-2-5-20(19)26(28)32)27-12-9-17(10-13-27)24(30)18-7-8-21-22(16-18)34-15-14-33-21/h1-2,4-5,7-8,16-17H,3,6,9-15H2. The molecule has 0 N–H and O–H groups in total. The maximum absolute atomic E-state index is 13.0. The summed E-state index contributed by atoms with van der Waals surface area (Å²) in [5.74, 6) is 0.576. The highest BCUT2D eigenvalue weighted by molar-refractivity contribution is 6.21. The molecule has 2 aromatic carbocycles. The molecule has 0 atom stereocenters. The number of amides is 3. The molecular weight excluding hydrogens is 436 g/mol. The second-order valence-corrected chi connectivity index (χ2v) is 8.79. The van der Waals surface area contributed by atoms with Gasteiger partial charge in [0.25, 0.3) is 11.8 Å². The Morgan fingerprint density at radius 1 is 0.882 bits per heavy atom. The molecule has 3 aliphatic heterocycles. The number of hydrogen-bond acceptors (Lipinski definition) is 6. The van der Waals surface area contributed by atoms with Gasteiger partial charge in [-0.3, -0.25) is 24.1 Å². The van der Waals surface area contributed by atoms with Crippen molar-refractivity contribution in [3.63, 3.8) is 0 Å². The number of nitrogens with zero attached hydrogens (tertiary/aromatic N) is 2. The molecule has 3 amide bonds. The molecule has 34 heavy (non-hydrogen) atoms. The fraction of sp³-hybridized carbons (Fsp3) is 0.385. The molecule has 1 fully saturated rings. The zero-order chi connectivity index (χ0) is 23.7. The Labute approximate surface area is 197 Å². The van der Waals surface area contributed by atoms with Crippen LogP contribution in [0, 0.1) is 5.92 Å². The van der Waals surface area contributed by atoms with Crippen LogP contribution in [-0.2, 0) is 4.79 Å². The van der Waals surface area contributed by atoms with Crippen LogP contribution in [0.1, 0.15) is 56.8 Å². The zero-order valence-electron chi connectivity index (χ0n) is 18.8. The summed E-state index contributed by atoms with van der Waals surface area (Å²) < 4.78 is 11.1. The summed E-state index contributed by atoms with van der Waals surface area (Å²) in [6.07, 6.45) is 1.89. The normalized spacial score (nSPS) is 17.6. The minimum Gasteiger partial charge on any atom is -0.486 e. The predicted octanol–water partition coefficient (Wildman–Crippen LogP) is 2.96. The monoisotopic (exact) mass is 462 g/mol. The molecule has 2 aromatic rings. The number of Topliss-reactive ketones (excluding diaryl/α,β-unsaturated/α-hetero) is 1. The molecular formula is C26H26N2O6. The molecule has 0 bridgehead atoms. The first-order valence-corrected chi connectivity index (χ1v) is 11.7. The van der Waals surface area contributed by atoms with Gasteiger partial charge in [0, 0.05) is 37.5 Å². The summed E-state index contributed by atoms with van der Waals surface area (Å²) >= 11 is 0. The lowest BCUT2D eigenvalue weighted by atomic mass is 9.88. The molecule has 8 nitrogen and oxygen atoms in total. The maximum atomic E-state index is 13.0. The van der Waals surface area contributed by atoms with E-state index in [9.17, 15) is 19.2 Å². The Hall–Kier alpha value is -3.68. The van der Waals surface area contributed by atoms with Crippen LogP contribution in [0.4, 0.5) is 0 Å². The summed E-state index contributed by atoms with van der Waals surface area (Å²) in [7, 11) is 0. The van der Waals surface area contributed by atoms with Gasteiger partial charge in [-0.05, 0) is 49.6 Å².